The Bertz CT molecular complexity index is 145. The first kappa shape index (κ1) is 8.49. The summed E-state index contributed by atoms with van der Waals surface area (Å²) in [6.45, 7) is 2.65. The molecule has 1 fully saturated rings. The number of carboxylic acids is 1. The van der Waals surface area contributed by atoms with Crippen LogP contribution in [0.3, 0.4) is 0 Å². The van der Waals surface area contributed by atoms with Crippen molar-refractivity contribution in [2.24, 2.45) is 0 Å². The van der Waals surface area contributed by atoms with E-state index in [0.29, 0.717) is 12.6 Å². The van der Waals surface area contributed by atoms with Crippen molar-refractivity contribution in [1.29, 1.82) is 0 Å². The van der Waals surface area contributed by atoms with Gasteiger partial charge >= 0.3 is 5.97 Å². The number of nitrogens with zero attached hydrogens (tertiary/aromatic N) is 1. The van der Waals surface area contributed by atoms with Gasteiger partial charge in [-0.15, -0.1) is 0 Å². The quantitative estimate of drug-likeness (QED) is 0.571. The fourth-order valence-electron chi connectivity index (χ4n) is 1.04. The van der Waals surface area contributed by atoms with Crippen molar-refractivity contribution in [2.75, 3.05) is 26.7 Å². The van der Waals surface area contributed by atoms with Crippen molar-refractivity contribution in [1.82, 2.24) is 10.2 Å². The van der Waals surface area contributed by atoms with Crippen LogP contribution in [0.2, 0.25) is 0 Å². The number of nitrogens with one attached hydrogen (secondary N) is 1. The van der Waals surface area contributed by atoms with Crippen LogP contribution in [0.25, 0.3) is 0 Å². The summed E-state index contributed by atoms with van der Waals surface area (Å²) >= 11 is 0. The molecule has 4 heteroatoms. The minimum Gasteiger partial charge on any atom is -0.481 e. The molecule has 0 unspecified atom stereocenters. The lowest BCUT2D eigenvalue weighted by molar-refractivity contribution is -0.137. The second kappa shape index (κ2) is 3.69. The predicted molar refractivity (Wildman–Crippen MR) is 41.5 cm³/mol. The Balaban J connectivity index is 2.09. The highest BCUT2D eigenvalue weighted by molar-refractivity contribution is 5.66. The summed E-state index contributed by atoms with van der Waals surface area (Å²) in [6.07, 6.45) is 0.243. The second-order valence-electron chi connectivity index (χ2n) is 2.94. The predicted octanol–water partition coefficient (Wildman–Crippen LogP) is -0.635. The van der Waals surface area contributed by atoms with Gasteiger partial charge in [-0.3, -0.25) is 4.79 Å². The van der Waals surface area contributed by atoms with Crippen LogP contribution in [-0.2, 0) is 4.79 Å². The third-order valence-corrected chi connectivity index (χ3v) is 2.06. The normalized spacial score (nSPS) is 18.4. The molecular weight excluding hydrogens is 144 g/mol. The molecule has 11 heavy (non-hydrogen) atoms. The molecule has 0 aromatic rings. The summed E-state index contributed by atoms with van der Waals surface area (Å²) in [5.74, 6) is -0.718. The Morgan fingerprint density at radius 1 is 1.73 bits per heavy atom. The molecule has 1 heterocycles. The third kappa shape index (κ3) is 2.48. The van der Waals surface area contributed by atoms with Gasteiger partial charge in [0.2, 0.25) is 0 Å². The van der Waals surface area contributed by atoms with Gasteiger partial charge in [-0.05, 0) is 7.05 Å². The average molecular weight is 158 g/mol. The van der Waals surface area contributed by atoms with E-state index in [1.54, 1.807) is 0 Å². The Labute approximate surface area is 66.2 Å². The van der Waals surface area contributed by atoms with Crippen LogP contribution in [0.5, 0.6) is 0 Å². The van der Waals surface area contributed by atoms with E-state index >= 15 is 0 Å². The highest BCUT2D eigenvalue weighted by atomic mass is 16.4. The van der Waals surface area contributed by atoms with Gasteiger partial charge in [-0.25, -0.2) is 0 Å². The molecule has 0 aliphatic carbocycles. The first-order chi connectivity index (χ1) is 5.20. The second-order valence-corrected chi connectivity index (χ2v) is 2.94. The number of hydrogen-bond donors (Lipinski definition) is 2. The lowest BCUT2D eigenvalue weighted by atomic mass is 10.1. The minimum absolute atomic E-state index is 0.243. The number of aliphatic carboxylic acids is 1. The van der Waals surface area contributed by atoms with Crippen molar-refractivity contribution in [3.05, 3.63) is 0 Å². The summed E-state index contributed by atoms with van der Waals surface area (Å²) in [5.41, 5.74) is 0. The van der Waals surface area contributed by atoms with Gasteiger partial charge in [0.15, 0.2) is 0 Å². The molecule has 0 radical (unpaired) electrons. The summed E-state index contributed by atoms with van der Waals surface area (Å²) in [4.78, 5) is 12.3. The van der Waals surface area contributed by atoms with E-state index in [4.69, 9.17) is 5.11 Å². The van der Waals surface area contributed by atoms with E-state index in [2.05, 4.69) is 10.2 Å². The van der Waals surface area contributed by atoms with Crippen LogP contribution in [0, 0.1) is 0 Å². The molecule has 1 rings (SSSR count). The van der Waals surface area contributed by atoms with E-state index in [1.165, 1.54) is 0 Å². The summed E-state index contributed by atoms with van der Waals surface area (Å²) in [6, 6.07) is 0.550. The Morgan fingerprint density at radius 2 is 2.36 bits per heavy atom. The van der Waals surface area contributed by atoms with Crippen molar-refractivity contribution in [3.63, 3.8) is 0 Å². The number of rotatable bonds is 4. The molecule has 1 aliphatic rings. The van der Waals surface area contributed by atoms with Crippen LogP contribution in [0.4, 0.5) is 0 Å². The largest absolute Gasteiger partial charge is 0.481 e. The number of carbonyl (C=O) groups is 1. The SMILES string of the molecule is CN(CCC(=O)O)C1CNC1. The van der Waals surface area contributed by atoms with E-state index in [-0.39, 0.29) is 6.42 Å². The van der Waals surface area contributed by atoms with E-state index < -0.39 is 5.97 Å². The zero-order valence-electron chi connectivity index (χ0n) is 6.71. The molecule has 1 aliphatic heterocycles. The standard InChI is InChI=1S/C7H14N2O2/c1-9(3-2-7(10)11)6-4-8-5-6/h6,8H,2-5H2,1H3,(H,10,11). The van der Waals surface area contributed by atoms with Crippen LogP contribution in [0.15, 0.2) is 0 Å². The molecule has 4 nitrogen and oxygen atoms in total. The highest BCUT2D eigenvalue weighted by Gasteiger charge is 2.21. The van der Waals surface area contributed by atoms with Gasteiger partial charge < -0.3 is 15.3 Å². The number of carboxylic acid groups (broad SMARTS) is 1. The molecule has 0 atom stereocenters. The van der Waals surface area contributed by atoms with Crippen LogP contribution in [-0.4, -0.2) is 48.7 Å². The van der Waals surface area contributed by atoms with Gasteiger partial charge in [0.1, 0.15) is 0 Å². The molecule has 0 bridgehead atoms. The van der Waals surface area contributed by atoms with E-state index in [0.717, 1.165) is 13.1 Å². The lowest BCUT2D eigenvalue weighted by Crippen LogP contribution is -2.56. The van der Waals surface area contributed by atoms with Crippen LogP contribution >= 0.6 is 0 Å². The van der Waals surface area contributed by atoms with Gasteiger partial charge in [-0.1, -0.05) is 0 Å². The Morgan fingerprint density at radius 3 is 2.73 bits per heavy atom. The fraction of sp³-hybridized carbons (Fsp3) is 0.857. The van der Waals surface area contributed by atoms with E-state index in [1.807, 2.05) is 7.05 Å². The third-order valence-electron chi connectivity index (χ3n) is 2.06. The highest BCUT2D eigenvalue weighted by Crippen LogP contribution is 2.01. The molecule has 0 aromatic heterocycles. The molecule has 0 saturated carbocycles. The lowest BCUT2D eigenvalue weighted by Gasteiger charge is -2.35. The Hall–Kier alpha value is -0.610. The molecule has 0 aromatic carbocycles. The molecule has 2 N–H and O–H groups in total. The number of hydrogen-bond acceptors (Lipinski definition) is 3. The van der Waals surface area contributed by atoms with E-state index in [9.17, 15) is 4.79 Å². The van der Waals surface area contributed by atoms with Crippen molar-refractivity contribution in [2.45, 2.75) is 12.5 Å². The van der Waals surface area contributed by atoms with Gasteiger partial charge in [0.25, 0.3) is 0 Å². The zero-order chi connectivity index (χ0) is 8.27. The molecule has 0 spiro atoms. The number of likely N-dealkylation sites (N-methyl/N-ethyl adjacent to an activating group) is 1. The monoisotopic (exact) mass is 158 g/mol. The topological polar surface area (TPSA) is 52.6 Å². The first-order valence-electron chi connectivity index (χ1n) is 3.83. The van der Waals surface area contributed by atoms with Gasteiger partial charge in [0, 0.05) is 25.7 Å². The molecule has 0 amide bonds. The summed E-state index contributed by atoms with van der Waals surface area (Å²) in [7, 11) is 1.97. The Kier molecular flexibility index (Phi) is 2.84. The average Bonchev–Trinajstić information content (AvgIpc) is 1.79. The molecule has 64 valence electrons. The van der Waals surface area contributed by atoms with Gasteiger partial charge in [0.05, 0.1) is 6.42 Å². The maximum Gasteiger partial charge on any atom is 0.304 e. The van der Waals surface area contributed by atoms with Gasteiger partial charge in [-0.2, -0.15) is 0 Å². The van der Waals surface area contributed by atoms with Crippen LogP contribution < -0.4 is 5.32 Å². The maximum atomic E-state index is 10.2. The minimum atomic E-state index is -0.718. The first-order valence-corrected chi connectivity index (χ1v) is 3.83. The fourth-order valence-corrected chi connectivity index (χ4v) is 1.04. The van der Waals surface area contributed by atoms with Crippen molar-refractivity contribution < 1.29 is 9.90 Å². The zero-order valence-corrected chi connectivity index (χ0v) is 6.71. The molecular formula is C7H14N2O2. The summed E-state index contributed by atoms with van der Waals surface area (Å²) < 4.78 is 0. The van der Waals surface area contributed by atoms with Crippen molar-refractivity contribution >= 4 is 5.97 Å². The smallest absolute Gasteiger partial charge is 0.304 e. The van der Waals surface area contributed by atoms with Crippen molar-refractivity contribution in [3.8, 4) is 0 Å². The maximum absolute atomic E-state index is 10.2. The molecule has 1 saturated heterocycles. The summed E-state index contributed by atoms with van der Waals surface area (Å²) in [5, 5.41) is 11.5. The van der Waals surface area contributed by atoms with Crippen LogP contribution in [0.1, 0.15) is 6.42 Å².